The number of piperidine rings is 1. The quantitative estimate of drug-likeness (QED) is 0.246. The number of halogens is 1. The molecule has 6 rings (SSSR count). The fraction of sp³-hybridized carbons (Fsp3) is 0.438. The fourth-order valence-electron chi connectivity index (χ4n) is 5.56. The van der Waals surface area contributed by atoms with Crippen LogP contribution in [0.15, 0.2) is 53.0 Å². The largest absolute Gasteiger partial charge is 0.444 e. The van der Waals surface area contributed by atoms with Crippen LogP contribution in [0.2, 0.25) is 0 Å². The third kappa shape index (κ3) is 6.69. The molecule has 232 valence electrons. The zero-order valence-electron chi connectivity index (χ0n) is 25.7. The molecular formula is C32H38FN7O3S. The Balaban J connectivity index is 1.22. The Kier molecular flexibility index (Phi) is 7.81. The van der Waals surface area contributed by atoms with Crippen LogP contribution in [0.25, 0.3) is 16.9 Å². The van der Waals surface area contributed by atoms with Gasteiger partial charge in [-0.3, -0.25) is 4.57 Å². The van der Waals surface area contributed by atoms with Crippen molar-refractivity contribution in [3.8, 4) is 5.82 Å². The number of hydrogen-bond acceptors (Lipinski definition) is 8. The van der Waals surface area contributed by atoms with Gasteiger partial charge in [-0.15, -0.1) is 0 Å². The smallest absolute Gasteiger partial charge is 0.410 e. The van der Waals surface area contributed by atoms with E-state index in [0.29, 0.717) is 53.3 Å². The number of ether oxygens (including phenoxy) is 1. The topological polar surface area (TPSA) is 115 Å². The maximum atomic E-state index is 15.7. The number of fused-ring (bicyclic) bond motifs is 1. The minimum absolute atomic E-state index is 0.0770. The average molecular weight is 620 g/mol. The lowest BCUT2D eigenvalue weighted by atomic mass is 9.89. The number of carbonyl (C=O) groups excluding carboxylic acids is 1. The van der Waals surface area contributed by atoms with Gasteiger partial charge in [0.1, 0.15) is 11.4 Å². The highest BCUT2D eigenvalue weighted by Crippen LogP contribution is 2.45. The van der Waals surface area contributed by atoms with Gasteiger partial charge < -0.3 is 15.0 Å². The van der Waals surface area contributed by atoms with Crippen molar-refractivity contribution < 1.29 is 18.1 Å². The third-order valence-electron chi connectivity index (χ3n) is 7.69. The first-order valence-corrected chi connectivity index (χ1v) is 17.2. The molecule has 44 heavy (non-hydrogen) atoms. The van der Waals surface area contributed by atoms with Crippen LogP contribution in [0, 0.1) is 5.82 Å². The van der Waals surface area contributed by atoms with Crippen LogP contribution in [0.5, 0.6) is 0 Å². The summed E-state index contributed by atoms with van der Waals surface area (Å²) in [6.45, 7) is 6.96. The summed E-state index contributed by atoms with van der Waals surface area (Å²) in [5, 5.41) is 3.58. The first-order chi connectivity index (χ1) is 20.8. The number of anilines is 2. The van der Waals surface area contributed by atoms with Gasteiger partial charge in [0.2, 0.25) is 5.95 Å². The molecule has 4 aromatic rings. The highest BCUT2D eigenvalue weighted by molar-refractivity contribution is 7.92. The number of nitrogens with one attached hydrogen (secondary N) is 1. The van der Waals surface area contributed by atoms with Crippen LogP contribution >= 0.6 is 0 Å². The van der Waals surface area contributed by atoms with Crippen LogP contribution in [0.1, 0.15) is 69.5 Å². The van der Waals surface area contributed by atoms with Crippen molar-refractivity contribution in [3.05, 3.63) is 65.7 Å². The average Bonchev–Trinajstić information content (AvgIpc) is 3.75. The Morgan fingerprint density at radius 1 is 1.02 bits per heavy atom. The van der Waals surface area contributed by atoms with Gasteiger partial charge in [0.15, 0.2) is 17.3 Å². The summed E-state index contributed by atoms with van der Waals surface area (Å²) in [5.41, 5.74) is 2.46. The van der Waals surface area contributed by atoms with E-state index in [9.17, 15) is 9.00 Å². The second kappa shape index (κ2) is 11.5. The highest BCUT2D eigenvalue weighted by Gasteiger charge is 2.34. The maximum absolute atomic E-state index is 15.7. The SMILES string of the molecule is CC(C)(C)OC(=O)N1CCC(c2ccc(Nc3ncc4c(F)c(C5CC5)n(-c5cccc(N=S(C)(C)=O)n5)c4n3)cc2)CC1. The van der Waals surface area contributed by atoms with E-state index in [-0.39, 0.29) is 17.8 Å². The van der Waals surface area contributed by atoms with Crippen molar-refractivity contribution in [1.29, 1.82) is 0 Å². The van der Waals surface area contributed by atoms with E-state index < -0.39 is 15.3 Å². The summed E-state index contributed by atoms with van der Waals surface area (Å²) < 4.78 is 39.5. The number of likely N-dealkylation sites (tertiary alicyclic amines) is 1. The molecule has 0 spiro atoms. The number of amides is 1. The standard InChI is InChI=1S/C32H38FN7O3S/c1-32(2,3)43-31(41)39-17-15-21(16-18-39)20-11-13-23(14-12-20)35-30-34-19-24-27(33)28(22-9-10-22)40(29(24)37-30)26-8-6-7-25(36-26)38-44(4,5)42/h6-8,11-14,19,21-22H,9-10,15-18H2,1-5H3,(H,34,35,37). The molecule has 12 heteroatoms. The number of carbonyl (C=O) groups is 1. The summed E-state index contributed by atoms with van der Waals surface area (Å²) in [4.78, 5) is 28.0. The molecule has 1 amide bonds. The van der Waals surface area contributed by atoms with E-state index in [1.807, 2.05) is 32.9 Å². The van der Waals surface area contributed by atoms with Crippen molar-refractivity contribution in [2.45, 2.75) is 63.9 Å². The number of pyridine rings is 1. The Bertz CT molecular complexity index is 1820. The van der Waals surface area contributed by atoms with Gasteiger partial charge in [-0.2, -0.15) is 9.35 Å². The molecule has 1 saturated heterocycles. The molecule has 0 bridgehead atoms. The Morgan fingerprint density at radius 3 is 2.36 bits per heavy atom. The molecule has 2 aliphatic rings. The molecule has 1 aliphatic heterocycles. The number of hydrogen-bond donors (Lipinski definition) is 1. The lowest BCUT2D eigenvalue weighted by Crippen LogP contribution is -2.41. The van der Waals surface area contributed by atoms with E-state index >= 15 is 4.39 Å². The van der Waals surface area contributed by atoms with Gasteiger partial charge in [0.05, 0.1) is 11.1 Å². The van der Waals surface area contributed by atoms with Crippen LogP contribution in [0.4, 0.5) is 26.6 Å². The highest BCUT2D eigenvalue weighted by atomic mass is 32.2. The van der Waals surface area contributed by atoms with Gasteiger partial charge in [-0.25, -0.2) is 23.4 Å². The zero-order valence-corrected chi connectivity index (χ0v) is 26.5. The molecule has 0 radical (unpaired) electrons. The lowest BCUT2D eigenvalue weighted by Gasteiger charge is -2.33. The molecular weight excluding hydrogens is 581 g/mol. The molecule has 10 nitrogen and oxygen atoms in total. The van der Waals surface area contributed by atoms with E-state index in [2.05, 4.69) is 31.8 Å². The van der Waals surface area contributed by atoms with Crippen molar-refractivity contribution in [2.24, 2.45) is 4.36 Å². The molecule has 1 N–H and O–H groups in total. The van der Waals surface area contributed by atoms with Crippen molar-refractivity contribution in [1.82, 2.24) is 24.4 Å². The maximum Gasteiger partial charge on any atom is 0.410 e. The summed E-state index contributed by atoms with van der Waals surface area (Å²) in [5.74, 6) is 1.22. The monoisotopic (exact) mass is 619 g/mol. The van der Waals surface area contributed by atoms with Crippen LogP contribution in [-0.2, 0) is 14.5 Å². The molecule has 4 heterocycles. The molecule has 1 aliphatic carbocycles. The number of nitrogens with zero attached hydrogens (tertiary/aromatic N) is 6. The summed E-state index contributed by atoms with van der Waals surface area (Å²) >= 11 is 0. The van der Waals surface area contributed by atoms with E-state index in [1.165, 1.54) is 11.8 Å². The molecule has 1 aromatic carbocycles. The van der Waals surface area contributed by atoms with Gasteiger partial charge in [0.25, 0.3) is 0 Å². The van der Waals surface area contributed by atoms with Gasteiger partial charge in [0, 0.05) is 53.1 Å². The molecule has 3 aromatic heterocycles. The predicted molar refractivity (Wildman–Crippen MR) is 170 cm³/mol. The number of rotatable bonds is 6. The van der Waals surface area contributed by atoms with Crippen molar-refractivity contribution in [2.75, 3.05) is 30.9 Å². The van der Waals surface area contributed by atoms with Gasteiger partial charge >= 0.3 is 6.09 Å². The lowest BCUT2D eigenvalue weighted by molar-refractivity contribution is 0.0205. The summed E-state index contributed by atoms with van der Waals surface area (Å²) in [6, 6.07) is 13.4. The minimum Gasteiger partial charge on any atom is -0.444 e. The molecule has 2 fully saturated rings. The van der Waals surface area contributed by atoms with E-state index in [1.54, 1.807) is 40.2 Å². The van der Waals surface area contributed by atoms with Crippen molar-refractivity contribution in [3.63, 3.8) is 0 Å². The number of aromatic nitrogens is 4. The second-order valence-corrected chi connectivity index (χ2v) is 15.4. The van der Waals surface area contributed by atoms with Crippen LogP contribution in [-0.4, -0.2) is 65.9 Å². The predicted octanol–water partition coefficient (Wildman–Crippen LogP) is 7.05. The molecule has 1 saturated carbocycles. The first kappa shape index (κ1) is 30.0. The Labute approximate surface area is 257 Å². The summed E-state index contributed by atoms with van der Waals surface area (Å²) in [6.07, 6.45) is 7.87. The first-order valence-electron chi connectivity index (χ1n) is 14.9. The van der Waals surface area contributed by atoms with Gasteiger partial charge in [-0.05, 0) is 82.2 Å². The second-order valence-electron chi connectivity index (χ2n) is 12.9. The third-order valence-corrected chi connectivity index (χ3v) is 8.32. The van der Waals surface area contributed by atoms with E-state index in [0.717, 1.165) is 31.4 Å². The van der Waals surface area contributed by atoms with Crippen LogP contribution < -0.4 is 5.32 Å². The molecule has 0 atom stereocenters. The number of benzene rings is 1. The Hall–Kier alpha value is -4.06. The zero-order chi connectivity index (χ0) is 31.2. The normalized spacial score (nSPS) is 16.3. The fourth-order valence-corrected chi connectivity index (χ4v) is 6.11. The van der Waals surface area contributed by atoms with Gasteiger partial charge in [-0.1, -0.05) is 18.2 Å². The Morgan fingerprint density at radius 2 is 1.73 bits per heavy atom. The van der Waals surface area contributed by atoms with E-state index in [4.69, 9.17) is 9.72 Å². The minimum atomic E-state index is -2.42. The van der Waals surface area contributed by atoms with Crippen LogP contribution in [0.3, 0.4) is 0 Å². The van der Waals surface area contributed by atoms with Crippen molar-refractivity contribution >= 4 is 44.3 Å². The molecule has 0 unspecified atom stereocenters. The summed E-state index contributed by atoms with van der Waals surface area (Å²) in [7, 11) is -2.42.